The maximum absolute atomic E-state index is 2.78. The third-order valence-corrected chi connectivity index (χ3v) is 12.7. The minimum Gasteiger partial charge on any atom is -0.340 e. The van der Waals surface area contributed by atoms with E-state index in [4.69, 9.17) is 0 Å². The zero-order valence-electron chi connectivity index (χ0n) is 31.4. The second kappa shape index (κ2) is 14.5. The molecule has 0 amide bonds. The Kier molecular flexibility index (Phi) is 8.91. The van der Waals surface area contributed by atoms with Crippen molar-refractivity contribution in [3.8, 4) is 45.0 Å². The molecule has 0 fully saturated rings. The molecule has 2 aromatic heterocycles. The maximum atomic E-state index is 2.78. The van der Waals surface area contributed by atoms with E-state index in [2.05, 4.69) is 155 Å². The van der Waals surface area contributed by atoms with Crippen molar-refractivity contribution in [2.75, 3.05) is 0 Å². The van der Waals surface area contributed by atoms with Gasteiger partial charge in [-0.3, -0.25) is 0 Å². The van der Waals surface area contributed by atoms with Gasteiger partial charge < -0.3 is 9.13 Å². The van der Waals surface area contributed by atoms with E-state index in [1.54, 1.807) is 0 Å². The number of fused-ring (bicyclic) bond motifs is 2. The molecule has 1 aliphatic heterocycles. The molecule has 4 aliphatic rings. The molecule has 0 unspecified atom stereocenters. The van der Waals surface area contributed by atoms with Crippen LogP contribution in [0.3, 0.4) is 0 Å². The third kappa shape index (κ3) is 5.53. The first kappa shape index (κ1) is 33.2. The number of benzene rings is 5. The molecule has 7 aromatic rings. The van der Waals surface area contributed by atoms with E-state index in [9.17, 15) is 0 Å². The van der Waals surface area contributed by atoms with Crippen LogP contribution in [0, 0.1) is 0 Å². The fourth-order valence-electron chi connectivity index (χ4n) is 10.5. The summed E-state index contributed by atoms with van der Waals surface area (Å²) in [5, 5.41) is 0. The molecule has 3 aliphatic carbocycles. The smallest absolute Gasteiger partial charge is 0.0530 e. The van der Waals surface area contributed by atoms with Crippen LogP contribution in [0.15, 0.2) is 146 Å². The molecule has 268 valence electrons. The summed E-state index contributed by atoms with van der Waals surface area (Å²) in [5.41, 5.74) is 20.1. The molecule has 0 saturated heterocycles. The first-order valence-electron chi connectivity index (χ1n) is 20.7. The molecule has 11 rings (SSSR count). The molecule has 0 spiro atoms. The van der Waals surface area contributed by atoms with Gasteiger partial charge in [0.05, 0.1) is 22.8 Å². The molecule has 0 radical (unpaired) electrons. The van der Waals surface area contributed by atoms with Gasteiger partial charge >= 0.3 is 0 Å². The number of nitrogens with zero attached hydrogens (tertiary/aromatic N) is 2. The summed E-state index contributed by atoms with van der Waals surface area (Å²) >= 11 is 0. The Morgan fingerprint density at radius 3 is 0.796 bits per heavy atom. The normalized spacial score (nSPS) is 18.2. The van der Waals surface area contributed by atoms with Gasteiger partial charge in [-0.2, -0.15) is 0 Å². The predicted molar refractivity (Wildman–Crippen MR) is 225 cm³/mol. The Labute approximate surface area is 321 Å². The molecule has 0 N–H and O–H groups in total. The quantitative estimate of drug-likeness (QED) is 0.173. The molecular formula is C52H50N2. The minimum absolute atomic E-state index is 0.121. The average molecular weight is 703 g/mol. The monoisotopic (exact) mass is 702 g/mol. The van der Waals surface area contributed by atoms with Crippen LogP contribution in [0.1, 0.15) is 109 Å². The number of hydrogen-bond donors (Lipinski definition) is 0. The molecule has 54 heavy (non-hydrogen) atoms. The van der Waals surface area contributed by atoms with Crippen LogP contribution in [0.25, 0.3) is 45.0 Å². The number of rotatable bonds is 4. The van der Waals surface area contributed by atoms with E-state index in [1.807, 2.05) is 0 Å². The highest BCUT2D eigenvalue weighted by Gasteiger charge is 2.50. The lowest BCUT2D eigenvalue weighted by atomic mass is 9.60. The van der Waals surface area contributed by atoms with Gasteiger partial charge in [0.1, 0.15) is 0 Å². The Balaban J connectivity index is 1.35. The average Bonchev–Trinajstić information content (AvgIpc) is 3.76. The SMILES string of the molecule is c1ccc(-c2c3c4c(-c5ccccc5)n2CCCCCCCCCCCCn2c(-c5ccccc5)c5c(c2-c2ccccc2)C4c2ccccc2C35)cc1. The number of aromatic nitrogens is 2. The van der Waals surface area contributed by atoms with Gasteiger partial charge in [0.2, 0.25) is 0 Å². The van der Waals surface area contributed by atoms with Crippen molar-refractivity contribution in [2.24, 2.45) is 0 Å². The first-order valence-corrected chi connectivity index (χ1v) is 20.7. The Morgan fingerprint density at radius 2 is 0.519 bits per heavy atom. The van der Waals surface area contributed by atoms with E-state index in [-0.39, 0.29) is 11.8 Å². The van der Waals surface area contributed by atoms with Crippen molar-refractivity contribution in [3.63, 3.8) is 0 Å². The van der Waals surface area contributed by atoms with Gasteiger partial charge in [-0.25, -0.2) is 0 Å². The summed E-state index contributed by atoms with van der Waals surface area (Å²) in [6.45, 7) is 2.05. The molecule has 3 heterocycles. The fourth-order valence-corrected chi connectivity index (χ4v) is 10.5. The minimum atomic E-state index is 0.121. The second-order valence-corrected chi connectivity index (χ2v) is 15.8. The molecular weight excluding hydrogens is 653 g/mol. The van der Waals surface area contributed by atoms with Gasteiger partial charge in [-0.05, 0) is 68.5 Å². The van der Waals surface area contributed by atoms with E-state index in [0.29, 0.717) is 0 Å². The van der Waals surface area contributed by atoms with Crippen molar-refractivity contribution in [2.45, 2.75) is 89.1 Å². The lowest BCUT2D eigenvalue weighted by Gasteiger charge is -2.41. The highest BCUT2D eigenvalue weighted by atomic mass is 15.0. The Bertz CT molecular complexity index is 2080. The summed E-state index contributed by atoms with van der Waals surface area (Å²) in [5.74, 6) is 0.243. The van der Waals surface area contributed by atoms with Crippen LogP contribution in [-0.2, 0) is 13.1 Å². The predicted octanol–water partition coefficient (Wildman–Crippen LogP) is 13.9. The lowest BCUT2D eigenvalue weighted by molar-refractivity contribution is 0.525. The van der Waals surface area contributed by atoms with E-state index >= 15 is 0 Å². The van der Waals surface area contributed by atoms with E-state index in [1.165, 1.54) is 143 Å². The van der Waals surface area contributed by atoms with Crippen molar-refractivity contribution in [1.29, 1.82) is 0 Å². The Morgan fingerprint density at radius 1 is 0.278 bits per heavy atom. The standard InChI is InChI=1S/C52H50N2/c1-2-4-6-8-24-36-54-51(39-29-17-11-18-30-39)47-43-41-33-21-22-34-42(41)44(48(47)52(54)40-31-19-12-20-32-40)46-45(43)49(37-25-13-9-14-26-37)53(35-23-7-5-3-1)50(46)38-27-15-10-16-28-38/h9-22,25-34,43-44H,1-8,23-24,35-36H2. The molecule has 2 heteroatoms. The largest absolute Gasteiger partial charge is 0.340 e. The first-order chi connectivity index (χ1) is 26.9. The van der Waals surface area contributed by atoms with Crippen LogP contribution < -0.4 is 0 Å². The van der Waals surface area contributed by atoms with Crippen LogP contribution in [0.5, 0.6) is 0 Å². The van der Waals surface area contributed by atoms with Crippen molar-refractivity contribution in [3.05, 3.63) is 179 Å². The van der Waals surface area contributed by atoms with Crippen molar-refractivity contribution >= 4 is 0 Å². The van der Waals surface area contributed by atoms with Gasteiger partial charge in [0.15, 0.2) is 0 Å². The Hall–Kier alpha value is -5.34. The zero-order chi connectivity index (χ0) is 35.8. The molecule has 5 aromatic carbocycles. The maximum Gasteiger partial charge on any atom is 0.0530 e. The number of hydrogen-bond acceptors (Lipinski definition) is 0. The van der Waals surface area contributed by atoms with Crippen LogP contribution in [0.4, 0.5) is 0 Å². The van der Waals surface area contributed by atoms with E-state index in [0.717, 1.165) is 13.1 Å². The van der Waals surface area contributed by atoms with Gasteiger partial charge in [0, 0.05) is 24.9 Å². The molecule has 0 atom stereocenters. The third-order valence-electron chi connectivity index (χ3n) is 12.7. The molecule has 6 bridgehead atoms. The van der Waals surface area contributed by atoms with Crippen LogP contribution in [-0.4, -0.2) is 9.13 Å². The van der Waals surface area contributed by atoms with Crippen molar-refractivity contribution in [1.82, 2.24) is 9.13 Å². The summed E-state index contributed by atoms with van der Waals surface area (Å²) in [6.07, 6.45) is 13.0. The van der Waals surface area contributed by atoms with Crippen LogP contribution >= 0.6 is 0 Å². The van der Waals surface area contributed by atoms with E-state index < -0.39 is 0 Å². The topological polar surface area (TPSA) is 9.86 Å². The van der Waals surface area contributed by atoms with Crippen LogP contribution in [0.2, 0.25) is 0 Å². The highest BCUT2D eigenvalue weighted by molar-refractivity contribution is 5.91. The lowest BCUT2D eigenvalue weighted by Crippen LogP contribution is -2.27. The summed E-state index contributed by atoms with van der Waals surface area (Å²) in [4.78, 5) is 0. The van der Waals surface area contributed by atoms with Gasteiger partial charge in [-0.15, -0.1) is 0 Å². The van der Waals surface area contributed by atoms with Gasteiger partial charge in [-0.1, -0.05) is 197 Å². The summed E-state index contributed by atoms with van der Waals surface area (Å²) in [7, 11) is 0. The fraction of sp³-hybridized carbons (Fsp3) is 0.269. The van der Waals surface area contributed by atoms with Gasteiger partial charge in [0.25, 0.3) is 0 Å². The second-order valence-electron chi connectivity index (χ2n) is 15.8. The van der Waals surface area contributed by atoms with Crippen molar-refractivity contribution < 1.29 is 0 Å². The summed E-state index contributed by atoms with van der Waals surface area (Å²) < 4.78 is 5.55. The highest BCUT2D eigenvalue weighted by Crippen LogP contribution is 2.65. The summed E-state index contributed by atoms with van der Waals surface area (Å²) in [6, 6.07) is 55.0. The zero-order valence-corrected chi connectivity index (χ0v) is 31.4. The molecule has 0 saturated carbocycles. The molecule has 2 nitrogen and oxygen atoms in total.